The summed E-state index contributed by atoms with van der Waals surface area (Å²) in [6, 6.07) is 9.53. The lowest BCUT2D eigenvalue weighted by molar-refractivity contribution is 0.0939. The molecule has 1 heterocycles. The van der Waals surface area contributed by atoms with E-state index in [1.54, 1.807) is 6.07 Å². The molecular weight excluding hydrogens is 267 g/mol. The number of benzene rings is 1. The van der Waals surface area contributed by atoms with Gasteiger partial charge in [-0.2, -0.15) is 4.39 Å². The smallest absolute Gasteiger partial charge is 0.251 e. The lowest BCUT2D eigenvalue weighted by Crippen LogP contribution is -2.26. The minimum absolute atomic E-state index is 0.228. The molecule has 1 aromatic carbocycles. The van der Waals surface area contributed by atoms with Crippen LogP contribution in [0, 0.1) is 5.95 Å². The van der Waals surface area contributed by atoms with E-state index in [4.69, 9.17) is 11.6 Å². The summed E-state index contributed by atoms with van der Waals surface area (Å²) in [5, 5.41) is 3.34. The van der Waals surface area contributed by atoms with Gasteiger partial charge < -0.3 is 5.32 Å². The van der Waals surface area contributed by atoms with Crippen LogP contribution in [0.5, 0.6) is 0 Å². The van der Waals surface area contributed by atoms with Crippen LogP contribution in [0.4, 0.5) is 4.39 Å². The van der Waals surface area contributed by atoms with Crippen molar-refractivity contribution in [3.8, 4) is 0 Å². The fraction of sp³-hybridized carbons (Fsp3) is 0.143. The Morgan fingerprint density at radius 1 is 1.37 bits per heavy atom. The van der Waals surface area contributed by atoms with Crippen molar-refractivity contribution in [2.24, 2.45) is 0 Å². The molecule has 0 fully saturated rings. The van der Waals surface area contributed by atoms with E-state index in [1.807, 2.05) is 25.1 Å². The first-order valence-corrected chi connectivity index (χ1v) is 6.12. The molecule has 0 bridgehead atoms. The lowest BCUT2D eigenvalue weighted by Gasteiger charge is -2.15. The van der Waals surface area contributed by atoms with Crippen LogP contribution < -0.4 is 5.32 Å². The highest BCUT2D eigenvalue weighted by molar-refractivity contribution is 6.31. The number of rotatable bonds is 3. The van der Waals surface area contributed by atoms with Crippen LogP contribution in [-0.4, -0.2) is 10.9 Å². The van der Waals surface area contributed by atoms with Crippen LogP contribution in [-0.2, 0) is 0 Å². The molecule has 1 atom stereocenters. The molecule has 19 heavy (non-hydrogen) atoms. The maximum Gasteiger partial charge on any atom is 0.251 e. The summed E-state index contributed by atoms with van der Waals surface area (Å²) in [4.78, 5) is 15.3. The van der Waals surface area contributed by atoms with Crippen molar-refractivity contribution in [3.63, 3.8) is 0 Å². The number of halogens is 2. The van der Waals surface area contributed by atoms with Gasteiger partial charge in [0.2, 0.25) is 5.95 Å². The summed E-state index contributed by atoms with van der Waals surface area (Å²) < 4.78 is 12.9. The van der Waals surface area contributed by atoms with Gasteiger partial charge in [0.1, 0.15) is 0 Å². The highest BCUT2D eigenvalue weighted by Crippen LogP contribution is 2.22. The van der Waals surface area contributed by atoms with E-state index in [0.29, 0.717) is 5.02 Å². The summed E-state index contributed by atoms with van der Waals surface area (Å²) in [5.41, 5.74) is 1.04. The zero-order valence-electron chi connectivity index (χ0n) is 10.2. The molecule has 3 nitrogen and oxygen atoms in total. The van der Waals surface area contributed by atoms with Gasteiger partial charge in [-0.05, 0) is 24.6 Å². The van der Waals surface area contributed by atoms with Crippen LogP contribution in [0.15, 0.2) is 42.6 Å². The molecule has 0 saturated heterocycles. The minimum atomic E-state index is -0.682. The fourth-order valence-electron chi connectivity index (χ4n) is 1.73. The van der Waals surface area contributed by atoms with Gasteiger partial charge in [0, 0.05) is 22.8 Å². The van der Waals surface area contributed by atoms with Crippen LogP contribution in [0.25, 0.3) is 0 Å². The van der Waals surface area contributed by atoms with Gasteiger partial charge in [-0.15, -0.1) is 0 Å². The second-order valence-electron chi connectivity index (χ2n) is 4.08. The predicted molar refractivity (Wildman–Crippen MR) is 71.5 cm³/mol. The predicted octanol–water partition coefficient (Wildman–Crippen LogP) is 3.37. The van der Waals surface area contributed by atoms with E-state index in [0.717, 1.165) is 11.6 Å². The quantitative estimate of drug-likeness (QED) is 0.875. The normalized spacial score (nSPS) is 11.9. The molecule has 2 rings (SSSR count). The maximum absolute atomic E-state index is 12.9. The van der Waals surface area contributed by atoms with Crippen LogP contribution in [0.1, 0.15) is 28.9 Å². The largest absolute Gasteiger partial charge is 0.345 e. The molecule has 0 radical (unpaired) electrons. The van der Waals surface area contributed by atoms with Gasteiger partial charge in [0.05, 0.1) is 6.04 Å². The topological polar surface area (TPSA) is 42.0 Å². The second-order valence-corrected chi connectivity index (χ2v) is 4.49. The van der Waals surface area contributed by atoms with Gasteiger partial charge in [-0.25, -0.2) is 4.98 Å². The van der Waals surface area contributed by atoms with E-state index >= 15 is 0 Å². The van der Waals surface area contributed by atoms with Gasteiger partial charge in [0.15, 0.2) is 0 Å². The van der Waals surface area contributed by atoms with E-state index in [2.05, 4.69) is 10.3 Å². The van der Waals surface area contributed by atoms with Crippen LogP contribution in [0.3, 0.4) is 0 Å². The number of nitrogens with zero attached hydrogens (tertiary/aromatic N) is 1. The Morgan fingerprint density at radius 2 is 2.11 bits per heavy atom. The van der Waals surface area contributed by atoms with Crippen molar-refractivity contribution >= 4 is 17.5 Å². The van der Waals surface area contributed by atoms with E-state index < -0.39 is 5.95 Å². The highest BCUT2D eigenvalue weighted by Gasteiger charge is 2.14. The number of aromatic nitrogens is 1. The lowest BCUT2D eigenvalue weighted by atomic mass is 10.1. The third-order valence-corrected chi connectivity index (χ3v) is 3.05. The molecule has 2 aromatic rings. The molecular formula is C14H12ClFN2O. The molecule has 0 spiro atoms. The van der Waals surface area contributed by atoms with E-state index in [9.17, 15) is 9.18 Å². The Kier molecular flexibility index (Phi) is 4.12. The first kappa shape index (κ1) is 13.5. The van der Waals surface area contributed by atoms with Crippen molar-refractivity contribution in [2.75, 3.05) is 0 Å². The Morgan fingerprint density at radius 3 is 2.79 bits per heavy atom. The third kappa shape index (κ3) is 3.29. The summed E-state index contributed by atoms with van der Waals surface area (Å²) in [6.45, 7) is 1.82. The first-order chi connectivity index (χ1) is 9.08. The van der Waals surface area contributed by atoms with Gasteiger partial charge >= 0.3 is 0 Å². The Bertz CT molecular complexity index is 604. The molecule has 0 aliphatic heterocycles. The number of carbonyl (C=O) groups is 1. The van der Waals surface area contributed by atoms with Crippen LogP contribution in [0.2, 0.25) is 5.02 Å². The number of pyridine rings is 1. The highest BCUT2D eigenvalue weighted by atomic mass is 35.5. The summed E-state index contributed by atoms with van der Waals surface area (Å²) in [5.74, 6) is -1.05. The summed E-state index contributed by atoms with van der Waals surface area (Å²) in [6.07, 6.45) is 1.25. The molecule has 1 unspecified atom stereocenters. The van der Waals surface area contributed by atoms with Gasteiger partial charge in [-0.3, -0.25) is 4.79 Å². The SMILES string of the molecule is CC(NC(=O)c1ccnc(F)c1)c1ccccc1Cl. The van der Waals surface area contributed by atoms with E-state index in [1.165, 1.54) is 12.3 Å². The minimum Gasteiger partial charge on any atom is -0.345 e. The molecule has 1 amide bonds. The third-order valence-electron chi connectivity index (χ3n) is 2.71. The number of carbonyl (C=O) groups excluding carboxylic acids is 1. The number of hydrogen-bond acceptors (Lipinski definition) is 2. The number of nitrogens with one attached hydrogen (secondary N) is 1. The van der Waals surface area contributed by atoms with E-state index in [-0.39, 0.29) is 17.5 Å². The number of hydrogen-bond donors (Lipinski definition) is 1. The number of amides is 1. The molecule has 0 aliphatic rings. The van der Waals surface area contributed by atoms with Gasteiger partial charge in [0.25, 0.3) is 5.91 Å². The second kappa shape index (κ2) is 5.80. The zero-order chi connectivity index (χ0) is 13.8. The van der Waals surface area contributed by atoms with Crippen molar-refractivity contribution < 1.29 is 9.18 Å². The monoisotopic (exact) mass is 278 g/mol. The molecule has 98 valence electrons. The molecule has 5 heteroatoms. The fourth-order valence-corrected chi connectivity index (χ4v) is 2.03. The average Bonchev–Trinajstić information content (AvgIpc) is 2.39. The summed E-state index contributed by atoms with van der Waals surface area (Å²) >= 11 is 6.05. The molecule has 0 aliphatic carbocycles. The van der Waals surface area contributed by atoms with Crippen molar-refractivity contribution in [1.82, 2.24) is 10.3 Å². The Labute approximate surface area is 115 Å². The van der Waals surface area contributed by atoms with Crippen molar-refractivity contribution in [2.45, 2.75) is 13.0 Å². The Hall–Kier alpha value is -1.94. The molecule has 1 aromatic heterocycles. The molecule has 1 N–H and O–H groups in total. The average molecular weight is 279 g/mol. The van der Waals surface area contributed by atoms with Crippen molar-refractivity contribution in [1.29, 1.82) is 0 Å². The van der Waals surface area contributed by atoms with Gasteiger partial charge in [-0.1, -0.05) is 29.8 Å². The summed E-state index contributed by atoms with van der Waals surface area (Å²) in [7, 11) is 0. The Balaban J connectivity index is 2.13. The zero-order valence-corrected chi connectivity index (χ0v) is 11.0. The van der Waals surface area contributed by atoms with Crippen LogP contribution >= 0.6 is 11.6 Å². The standard InChI is InChI=1S/C14H12ClFN2O/c1-9(11-4-2-3-5-12(11)15)18-14(19)10-6-7-17-13(16)8-10/h2-9H,1H3,(H,18,19). The first-order valence-electron chi connectivity index (χ1n) is 5.75. The van der Waals surface area contributed by atoms with Crippen molar-refractivity contribution in [3.05, 3.63) is 64.7 Å². The molecule has 0 saturated carbocycles. The maximum atomic E-state index is 12.9.